The largest absolute Gasteiger partial charge is 0.317 e. The lowest BCUT2D eigenvalue weighted by Gasteiger charge is -2.09. The zero-order valence-electron chi connectivity index (χ0n) is 14.2. The van der Waals surface area contributed by atoms with E-state index in [0.717, 1.165) is 41.6 Å². The Hall–Kier alpha value is -1.61. The van der Waals surface area contributed by atoms with Crippen LogP contribution in [0, 0.1) is 25.2 Å². The van der Waals surface area contributed by atoms with Crippen LogP contribution in [0.2, 0.25) is 0 Å². The van der Waals surface area contributed by atoms with E-state index in [1.165, 1.54) is 0 Å². The Bertz CT molecular complexity index is 1020. The van der Waals surface area contributed by atoms with Gasteiger partial charge in [-0.2, -0.15) is 5.26 Å². The average molecular weight is 535 g/mol. The highest BCUT2D eigenvalue weighted by molar-refractivity contribution is 9.11. The summed E-state index contributed by atoms with van der Waals surface area (Å²) in [6, 6.07) is 18.3. The van der Waals surface area contributed by atoms with Gasteiger partial charge in [-0.25, -0.2) is 0 Å². The monoisotopic (exact) mass is 532 g/mol. The molecule has 5 heteroatoms. The summed E-state index contributed by atoms with van der Waals surface area (Å²) in [5.41, 5.74) is 5.83. The maximum absolute atomic E-state index is 9.66. The summed E-state index contributed by atoms with van der Waals surface area (Å²) in [5, 5.41) is 9.66. The van der Waals surface area contributed by atoms with E-state index in [2.05, 4.69) is 84.4 Å². The Labute approximate surface area is 178 Å². The van der Waals surface area contributed by atoms with Crippen molar-refractivity contribution in [2.24, 2.45) is 0 Å². The maximum Gasteiger partial charge on any atom is 0.0998 e. The molecule has 0 radical (unpaired) electrons. The predicted octanol–water partition coefficient (Wildman–Crippen LogP) is 7.45. The highest BCUT2D eigenvalue weighted by atomic mass is 79.9. The number of nitrogens with zero attached hydrogens (tertiary/aromatic N) is 2. The van der Waals surface area contributed by atoms with Crippen molar-refractivity contribution < 1.29 is 0 Å². The number of rotatable bonds is 3. The Morgan fingerprint density at radius 2 is 1.42 bits per heavy atom. The van der Waals surface area contributed by atoms with E-state index >= 15 is 0 Å². The Morgan fingerprint density at radius 3 is 1.96 bits per heavy atom. The summed E-state index contributed by atoms with van der Waals surface area (Å²) >= 11 is 10.6. The lowest BCUT2D eigenvalue weighted by molar-refractivity contribution is 0.961. The molecule has 0 spiro atoms. The van der Waals surface area contributed by atoms with Gasteiger partial charge in [-0.15, -0.1) is 0 Å². The molecular weight excluding hydrogens is 520 g/mol. The quantitative estimate of drug-likeness (QED) is 0.321. The lowest BCUT2D eigenvalue weighted by atomic mass is 10.0. The van der Waals surface area contributed by atoms with Crippen molar-refractivity contribution in [2.45, 2.75) is 13.8 Å². The van der Waals surface area contributed by atoms with Crippen LogP contribution in [-0.2, 0) is 0 Å². The van der Waals surface area contributed by atoms with Crippen LogP contribution in [0.3, 0.4) is 0 Å². The topological polar surface area (TPSA) is 28.7 Å². The van der Waals surface area contributed by atoms with Gasteiger partial charge in [0.1, 0.15) is 0 Å². The molecule has 3 rings (SSSR count). The Morgan fingerprint density at radius 1 is 0.885 bits per heavy atom. The molecule has 0 atom stereocenters. The normalized spacial score (nSPS) is 11.5. The van der Waals surface area contributed by atoms with Crippen LogP contribution in [0.15, 0.2) is 61.9 Å². The smallest absolute Gasteiger partial charge is 0.0998 e. The number of allylic oxidation sites excluding steroid dienone is 1. The third-order valence-corrected chi connectivity index (χ3v) is 6.32. The number of aromatic nitrogens is 1. The molecule has 0 bridgehead atoms. The van der Waals surface area contributed by atoms with Gasteiger partial charge >= 0.3 is 0 Å². The zero-order chi connectivity index (χ0) is 18.8. The molecule has 2 aromatic carbocycles. The van der Waals surface area contributed by atoms with Gasteiger partial charge in [0.2, 0.25) is 0 Å². The SMILES string of the molecule is Cc1c(Br)c(/C=C(/C#N)c2ccc(Br)cc2)c(C)n1-c1ccc(Br)cc1. The van der Waals surface area contributed by atoms with Crippen molar-refractivity contribution in [1.82, 2.24) is 4.57 Å². The van der Waals surface area contributed by atoms with E-state index in [4.69, 9.17) is 0 Å². The molecule has 2 nitrogen and oxygen atoms in total. The van der Waals surface area contributed by atoms with Gasteiger partial charge < -0.3 is 4.57 Å². The van der Waals surface area contributed by atoms with Crippen LogP contribution in [-0.4, -0.2) is 4.57 Å². The number of benzene rings is 2. The number of hydrogen-bond acceptors (Lipinski definition) is 1. The summed E-state index contributed by atoms with van der Waals surface area (Å²) < 4.78 is 5.24. The summed E-state index contributed by atoms with van der Waals surface area (Å²) in [4.78, 5) is 0. The molecule has 0 aliphatic rings. The molecular formula is C21H15Br3N2. The van der Waals surface area contributed by atoms with Crippen LogP contribution < -0.4 is 0 Å². The molecule has 3 aromatic rings. The fraction of sp³-hybridized carbons (Fsp3) is 0.0952. The highest BCUT2D eigenvalue weighted by Crippen LogP contribution is 2.34. The second-order valence-electron chi connectivity index (χ2n) is 5.89. The third-order valence-electron chi connectivity index (χ3n) is 4.26. The lowest BCUT2D eigenvalue weighted by Crippen LogP contribution is -1.98. The molecule has 0 aliphatic heterocycles. The minimum atomic E-state index is 0.634. The summed E-state index contributed by atoms with van der Waals surface area (Å²) in [7, 11) is 0. The fourth-order valence-electron chi connectivity index (χ4n) is 2.92. The van der Waals surface area contributed by atoms with Crippen LogP contribution in [0.4, 0.5) is 0 Å². The second kappa shape index (κ2) is 7.96. The van der Waals surface area contributed by atoms with Crippen LogP contribution in [0.5, 0.6) is 0 Å². The van der Waals surface area contributed by atoms with Gasteiger partial charge in [-0.1, -0.05) is 44.0 Å². The van der Waals surface area contributed by atoms with E-state index in [-0.39, 0.29) is 0 Å². The van der Waals surface area contributed by atoms with Crippen molar-refractivity contribution >= 4 is 59.4 Å². The summed E-state index contributed by atoms with van der Waals surface area (Å²) in [6.07, 6.45) is 1.95. The molecule has 0 amide bonds. The minimum Gasteiger partial charge on any atom is -0.317 e. The van der Waals surface area contributed by atoms with Crippen molar-refractivity contribution in [3.05, 3.63) is 84.5 Å². The third kappa shape index (κ3) is 3.73. The molecule has 0 saturated carbocycles. The molecule has 1 heterocycles. The first kappa shape index (κ1) is 19.2. The van der Waals surface area contributed by atoms with Crippen LogP contribution >= 0.6 is 47.8 Å². The van der Waals surface area contributed by atoms with Crippen LogP contribution in [0.1, 0.15) is 22.5 Å². The Balaban J connectivity index is 2.14. The van der Waals surface area contributed by atoms with Gasteiger partial charge in [0.05, 0.1) is 11.6 Å². The van der Waals surface area contributed by atoms with Crippen molar-refractivity contribution in [3.8, 4) is 11.8 Å². The van der Waals surface area contributed by atoms with Crippen molar-refractivity contribution in [1.29, 1.82) is 5.26 Å². The van der Waals surface area contributed by atoms with Gasteiger partial charge in [0.15, 0.2) is 0 Å². The predicted molar refractivity (Wildman–Crippen MR) is 118 cm³/mol. The molecule has 1 aromatic heterocycles. The molecule has 0 saturated heterocycles. The second-order valence-corrected chi connectivity index (χ2v) is 8.51. The summed E-state index contributed by atoms with van der Waals surface area (Å²) in [5.74, 6) is 0. The molecule has 0 fully saturated rings. The van der Waals surface area contributed by atoms with Crippen LogP contribution in [0.25, 0.3) is 17.3 Å². The molecule has 0 N–H and O–H groups in total. The summed E-state index contributed by atoms with van der Waals surface area (Å²) in [6.45, 7) is 4.14. The van der Waals surface area contributed by atoms with Gasteiger partial charge in [-0.3, -0.25) is 0 Å². The fourth-order valence-corrected chi connectivity index (χ4v) is 4.03. The van der Waals surface area contributed by atoms with E-state index in [0.29, 0.717) is 5.57 Å². The number of hydrogen-bond donors (Lipinski definition) is 0. The number of halogens is 3. The van der Waals surface area contributed by atoms with Crippen molar-refractivity contribution in [3.63, 3.8) is 0 Å². The molecule has 26 heavy (non-hydrogen) atoms. The average Bonchev–Trinajstić information content (AvgIpc) is 2.84. The highest BCUT2D eigenvalue weighted by Gasteiger charge is 2.16. The van der Waals surface area contributed by atoms with E-state index < -0.39 is 0 Å². The van der Waals surface area contributed by atoms with Gasteiger partial charge in [-0.05, 0) is 77.8 Å². The first-order chi connectivity index (χ1) is 12.4. The van der Waals surface area contributed by atoms with Crippen molar-refractivity contribution in [2.75, 3.05) is 0 Å². The number of nitriles is 1. The standard InChI is InChI=1S/C21H15Br3N2/c1-13-20(11-16(12-25)15-3-5-17(22)6-4-15)21(24)14(2)26(13)19-9-7-18(23)8-10-19/h3-11H,1-2H3/b16-11-. The maximum atomic E-state index is 9.66. The Kier molecular flexibility index (Phi) is 5.86. The molecule has 0 unspecified atom stereocenters. The van der Waals surface area contributed by atoms with Gasteiger partial charge in [0, 0.05) is 36.1 Å². The molecule has 0 aliphatic carbocycles. The molecule has 130 valence electrons. The van der Waals surface area contributed by atoms with E-state index in [1.54, 1.807) is 0 Å². The zero-order valence-corrected chi connectivity index (χ0v) is 19.0. The van der Waals surface area contributed by atoms with E-state index in [1.807, 2.05) is 42.5 Å². The minimum absolute atomic E-state index is 0.634. The first-order valence-corrected chi connectivity index (χ1v) is 10.3. The first-order valence-electron chi connectivity index (χ1n) is 7.93. The van der Waals surface area contributed by atoms with E-state index in [9.17, 15) is 5.26 Å². The van der Waals surface area contributed by atoms with Gasteiger partial charge in [0.25, 0.3) is 0 Å².